The van der Waals surface area contributed by atoms with Crippen LogP contribution in [0.2, 0.25) is 0 Å². The molecule has 2 N–H and O–H groups in total. The maximum Gasteiger partial charge on any atom is 0.317 e. The molecule has 2 amide bonds. The summed E-state index contributed by atoms with van der Waals surface area (Å²) in [6, 6.07) is -0.132. The van der Waals surface area contributed by atoms with Gasteiger partial charge >= 0.3 is 12.0 Å². The Morgan fingerprint density at radius 3 is 2.33 bits per heavy atom. The van der Waals surface area contributed by atoms with Crippen molar-refractivity contribution in [2.24, 2.45) is 5.92 Å². The number of nitrogens with one attached hydrogen (secondary N) is 1. The van der Waals surface area contributed by atoms with Crippen LogP contribution >= 0.6 is 0 Å². The molecule has 5 nitrogen and oxygen atoms in total. The SMILES string of the molecule is CCN(CC(C)C)C(=O)NC1(CC(=O)O)CCC1. The van der Waals surface area contributed by atoms with Crippen LogP contribution in [0.5, 0.6) is 0 Å². The highest BCUT2D eigenvalue weighted by atomic mass is 16.4. The molecule has 5 heteroatoms. The summed E-state index contributed by atoms with van der Waals surface area (Å²) in [7, 11) is 0. The maximum absolute atomic E-state index is 12.1. The molecule has 0 saturated heterocycles. The average molecular weight is 256 g/mol. The van der Waals surface area contributed by atoms with Gasteiger partial charge in [-0.3, -0.25) is 4.79 Å². The molecule has 0 unspecified atom stereocenters. The Morgan fingerprint density at radius 1 is 1.39 bits per heavy atom. The van der Waals surface area contributed by atoms with Gasteiger partial charge in [-0.25, -0.2) is 4.79 Å². The molecule has 1 rings (SSSR count). The van der Waals surface area contributed by atoms with Gasteiger partial charge < -0.3 is 15.3 Å². The summed E-state index contributed by atoms with van der Waals surface area (Å²) in [6.07, 6.45) is 2.55. The number of hydrogen-bond acceptors (Lipinski definition) is 2. The van der Waals surface area contributed by atoms with E-state index in [1.54, 1.807) is 4.90 Å². The summed E-state index contributed by atoms with van der Waals surface area (Å²) in [5, 5.41) is 11.8. The van der Waals surface area contributed by atoms with Crippen LogP contribution in [0, 0.1) is 5.92 Å². The van der Waals surface area contributed by atoms with Crippen LogP contribution in [-0.4, -0.2) is 40.6 Å². The van der Waals surface area contributed by atoms with Crippen LogP contribution in [0.4, 0.5) is 4.79 Å². The smallest absolute Gasteiger partial charge is 0.317 e. The number of urea groups is 1. The number of amides is 2. The largest absolute Gasteiger partial charge is 0.481 e. The monoisotopic (exact) mass is 256 g/mol. The van der Waals surface area contributed by atoms with E-state index in [0.29, 0.717) is 19.0 Å². The maximum atomic E-state index is 12.1. The molecule has 0 atom stereocenters. The van der Waals surface area contributed by atoms with Crippen LogP contribution in [0.1, 0.15) is 46.5 Å². The van der Waals surface area contributed by atoms with Crippen LogP contribution in [-0.2, 0) is 4.79 Å². The molecular formula is C13H24N2O3. The van der Waals surface area contributed by atoms with Crippen molar-refractivity contribution in [3.05, 3.63) is 0 Å². The Balaban J connectivity index is 2.58. The van der Waals surface area contributed by atoms with Gasteiger partial charge in [-0.15, -0.1) is 0 Å². The Labute approximate surface area is 109 Å². The molecule has 0 aliphatic heterocycles. The number of carboxylic acid groups (broad SMARTS) is 1. The molecule has 0 spiro atoms. The van der Waals surface area contributed by atoms with E-state index >= 15 is 0 Å². The average Bonchev–Trinajstić information content (AvgIpc) is 2.21. The molecule has 0 radical (unpaired) electrons. The fraction of sp³-hybridized carbons (Fsp3) is 0.846. The normalized spacial score (nSPS) is 17.1. The summed E-state index contributed by atoms with van der Waals surface area (Å²) < 4.78 is 0. The van der Waals surface area contributed by atoms with Crippen molar-refractivity contribution in [2.75, 3.05) is 13.1 Å². The van der Waals surface area contributed by atoms with E-state index in [4.69, 9.17) is 5.11 Å². The second-order valence-corrected chi connectivity index (χ2v) is 5.57. The zero-order valence-electron chi connectivity index (χ0n) is 11.5. The summed E-state index contributed by atoms with van der Waals surface area (Å²) >= 11 is 0. The lowest BCUT2D eigenvalue weighted by Gasteiger charge is -2.42. The van der Waals surface area contributed by atoms with Crippen molar-refractivity contribution in [1.82, 2.24) is 10.2 Å². The van der Waals surface area contributed by atoms with Crippen molar-refractivity contribution in [2.45, 2.75) is 52.0 Å². The molecule has 0 bridgehead atoms. The van der Waals surface area contributed by atoms with E-state index in [1.807, 2.05) is 6.92 Å². The van der Waals surface area contributed by atoms with Crippen molar-refractivity contribution < 1.29 is 14.7 Å². The van der Waals surface area contributed by atoms with Gasteiger partial charge in [0.15, 0.2) is 0 Å². The van der Waals surface area contributed by atoms with Gasteiger partial charge in [-0.05, 0) is 32.1 Å². The Kier molecular flexibility index (Phi) is 4.99. The zero-order chi connectivity index (χ0) is 13.8. The predicted molar refractivity (Wildman–Crippen MR) is 69.5 cm³/mol. The van der Waals surface area contributed by atoms with Gasteiger partial charge in [0.25, 0.3) is 0 Å². The third-order valence-corrected chi connectivity index (χ3v) is 3.43. The lowest BCUT2D eigenvalue weighted by Crippen LogP contribution is -2.58. The molecule has 0 heterocycles. The van der Waals surface area contributed by atoms with Crippen LogP contribution in [0.15, 0.2) is 0 Å². The first kappa shape index (κ1) is 14.8. The number of carbonyl (C=O) groups is 2. The summed E-state index contributed by atoms with van der Waals surface area (Å²) in [4.78, 5) is 24.7. The molecule has 0 aromatic heterocycles. The number of aliphatic carboxylic acids is 1. The minimum absolute atomic E-state index is 0.0258. The van der Waals surface area contributed by atoms with Gasteiger partial charge in [0.2, 0.25) is 0 Å². The fourth-order valence-corrected chi connectivity index (χ4v) is 2.34. The number of hydrogen-bond donors (Lipinski definition) is 2. The standard InChI is InChI=1S/C13H24N2O3/c1-4-15(9-10(2)3)12(18)14-13(6-5-7-13)8-11(16)17/h10H,4-9H2,1-3H3,(H,14,18)(H,16,17). The third kappa shape index (κ3) is 3.89. The topological polar surface area (TPSA) is 69.6 Å². The quantitative estimate of drug-likeness (QED) is 0.764. The van der Waals surface area contributed by atoms with Crippen LogP contribution < -0.4 is 5.32 Å². The zero-order valence-corrected chi connectivity index (χ0v) is 11.5. The van der Waals surface area contributed by atoms with Gasteiger partial charge in [0.1, 0.15) is 0 Å². The van der Waals surface area contributed by atoms with Crippen molar-refractivity contribution >= 4 is 12.0 Å². The highest BCUT2D eigenvalue weighted by Crippen LogP contribution is 2.35. The number of rotatable bonds is 6. The second-order valence-electron chi connectivity index (χ2n) is 5.57. The lowest BCUT2D eigenvalue weighted by molar-refractivity contribution is -0.139. The Bertz CT molecular complexity index is 311. The highest BCUT2D eigenvalue weighted by molar-refractivity contribution is 5.77. The highest BCUT2D eigenvalue weighted by Gasteiger charge is 2.41. The van der Waals surface area contributed by atoms with Crippen molar-refractivity contribution in [1.29, 1.82) is 0 Å². The predicted octanol–water partition coefficient (Wildman–Crippen LogP) is 2.07. The van der Waals surface area contributed by atoms with E-state index in [2.05, 4.69) is 19.2 Å². The van der Waals surface area contributed by atoms with Crippen molar-refractivity contribution in [3.8, 4) is 0 Å². The van der Waals surface area contributed by atoms with Gasteiger partial charge in [0.05, 0.1) is 12.0 Å². The molecule has 1 aliphatic rings. The fourth-order valence-electron chi connectivity index (χ4n) is 2.34. The van der Waals surface area contributed by atoms with Gasteiger partial charge in [0, 0.05) is 13.1 Å². The van der Waals surface area contributed by atoms with E-state index < -0.39 is 11.5 Å². The Morgan fingerprint density at radius 2 is 2.00 bits per heavy atom. The van der Waals surface area contributed by atoms with Crippen LogP contribution in [0.25, 0.3) is 0 Å². The minimum atomic E-state index is -0.845. The van der Waals surface area contributed by atoms with Gasteiger partial charge in [-0.2, -0.15) is 0 Å². The second kappa shape index (κ2) is 6.07. The van der Waals surface area contributed by atoms with E-state index in [-0.39, 0.29) is 12.5 Å². The summed E-state index contributed by atoms with van der Waals surface area (Å²) in [6.45, 7) is 7.41. The first-order chi connectivity index (χ1) is 8.38. The molecule has 18 heavy (non-hydrogen) atoms. The van der Waals surface area contributed by atoms with Crippen molar-refractivity contribution in [3.63, 3.8) is 0 Å². The Hall–Kier alpha value is -1.26. The van der Waals surface area contributed by atoms with E-state index in [0.717, 1.165) is 19.3 Å². The molecule has 104 valence electrons. The minimum Gasteiger partial charge on any atom is -0.481 e. The first-order valence-electron chi connectivity index (χ1n) is 6.67. The van der Waals surface area contributed by atoms with Crippen LogP contribution in [0.3, 0.4) is 0 Å². The van der Waals surface area contributed by atoms with E-state index in [9.17, 15) is 9.59 Å². The summed E-state index contributed by atoms with van der Waals surface area (Å²) in [5.74, 6) is -0.436. The molecular weight excluding hydrogens is 232 g/mol. The number of carbonyl (C=O) groups excluding carboxylic acids is 1. The summed E-state index contributed by atoms with van der Waals surface area (Å²) in [5.41, 5.74) is -0.507. The number of carboxylic acids is 1. The first-order valence-corrected chi connectivity index (χ1v) is 6.67. The molecule has 1 saturated carbocycles. The van der Waals surface area contributed by atoms with Gasteiger partial charge in [-0.1, -0.05) is 13.8 Å². The lowest BCUT2D eigenvalue weighted by atomic mass is 9.74. The number of nitrogens with zero attached hydrogens (tertiary/aromatic N) is 1. The molecule has 0 aromatic carbocycles. The molecule has 1 aliphatic carbocycles. The molecule has 1 fully saturated rings. The van der Waals surface area contributed by atoms with E-state index in [1.165, 1.54) is 0 Å². The molecule has 0 aromatic rings. The third-order valence-electron chi connectivity index (χ3n) is 3.43.